The molecule has 3 heteroatoms. The quantitative estimate of drug-likeness (QED) is 0.769. The lowest BCUT2D eigenvalue weighted by Crippen LogP contribution is -2.41. The van der Waals surface area contributed by atoms with Crippen LogP contribution in [-0.4, -0.2) is 18.7 Å². The third-order valence-corrected chi connectivity index (χ3v) is 3.14. The SMILES string of the molecule is CCCC(C)(C)NCCOc1cccc(Br)c1. The van der Waals surface area contributed by atoms with Crippen LogP contribution in [0.4, 0.5) is 0 Å². The van der Waals surface area contributed by atoms with Crippen LogP contribution in [0.15, 0.2) is 28.7 Å². The number of halogens is 1. The Hall–Kier alpha value is -0.540. The van der Waals surface area contributed by atoms with Gasteiger partial charge in [0.05, 0.1) is 0 Å². The maximum atomic E-state index is 5.67. The van der Waals surface area contributed by atoms with Crippen LogP contribution in [0, 0.1) is 0 Å². The van der Waals surface area contributed by atoms with E-state index in [-0.39, 0.29) is 5.54 Å². The Labute approximate surface area is 113 Å². The van der Waals surface area contributed by atoms with Crippen LogP contribution in [0.3, 0.4) is 0 Å². The van der Waals surface area contributed by atoms with Crippen LogP contribution in [0.5, 0.6) is 5.75 Å². The number of ether oxygens (including phenoxy) is 1. The number of hydrogen-bond donors (Lipinski definition) is 1. The number of hydrogen-bond acceptors (Lipinski definition) is 2. The Kier molecular flexibility index (Phi) is 6.00. The largest absolute Gasteiger partial charge is 0.492 e. The highest BCUT2D eigenvalue weighted by molar-refractivity contribution is 9.10. The standard InChI is InChI=1S/C14H22BrNO/c1-4-8-14(2,3)16-9-10-17-13-7-5-6-12(15)11-13/h5-7,11,16H,4,8-10H2,1-3H3. The second-order valence-electron chi connectivity index (χ2n) is 4.87. The Morgan fingerprint density at radius 3 is 2.76 bits per heavy atom. The monoisotopic (exact) mass is 299 g/mol. The summed E-state index contributed by atoms with van der Waals surface area (Å²) >= 11 is 3.43. The van der Waals surface area contributed by atoms with Gasteiger partial charge >= 0.3 is 0 Å². The second kappa shape index (κ2) is 7.02. The lowest BCUT2D eigenvalue weighted by Gasteiger charge is -2.25. The molecule has 1 aromatic rings. The predicted molar refractivity (Wildman–Crippen MR) is 76.6 cm³/mol. The molecule has 2 nitrogen and oxygen atoms in total. The van der Waals surface area contributed by atoms with Gasteiger partial charge in [-0.25, -0.2) is 0 Å². The van der Waals surface area contributed by atoms with E-state index < -0.39 is 0 Å². The molecule has 0 radical (unpaired) electrons. The maximum absolute atomic E-state index is 5.67. The highest BCUT2D eigenvalue weighted by atomic mass is 79.9. The summed E-state index contributed by atoms with van der Waals surface area (Å²) in [6.45, 7) is 8.25. The summed E-state index contributed by atoms with van der Waals surface area (Å²) in [6.07, 6.45) is 2.39. The first kappa shape index (κ1) is 14.5. The summed E-state index contributed by atoms with van der Waals surface area (Å²) in [5, 5.41) is 3.51. The van der Waals surface area contributed by atoms with Crippen molar-refractivity contribution in [1.29, 1.82) is 0 Å². The minimum absolute atomic E-state index is 0.204. The van der Waals surface area contributed by atoms with Crippen molar-refractivity contribution in [3.63, 3.8) is 0 Å². The van der Waals surface area contributed by atoms with E-state index in [2.05, 4.69) is 42.0 Å². The molecule has 0 fully saturated rings. The van der Waals surface area contributed by atoms with Crippen molar-refractivity contribution in [3.05, 3.63) is 28.7 Å². The van der Waals surface area contributed by atoms with Gasteiger partial charge in [0.15, 0.2) is 0 Å². The maximum Gasteiger partial charge on any atom is 0.120 e. The fraction of sp³-hybridized carbons (Fsp3) is 0.571. The van der Waals surface area contributed by atoms with Crippen molar-refractivity contribution in [1.82, 2.24) is 5.32 Å². The van der Waals surface area contributed by atoms with E-state index in [1.54, 1.807) is 0 Å². The third-order valence-electron chi connectivity index (χ3n) is 2.65. The first-order chi connectivity index (χ1) is 8.03. The summed E-state index contributed by atoms with van der Waals surface area (Å²) < 4.78 is 6.72. The summed E-state index contributed by atoms with van der Waals surface area (Å²) in [7, 11) is 0. The van der Waals surface area contributed by atoms with Gasteiger partial charge in [0, 0.05) is 16.6 Å². The van der Waals surface area contributed by atoms with Gasteiger partial charge in [-0.3, -0.25) is 0 Å². The van der Waals surface area contributed by atoms with Crippen molar-refractivity contribution in [2.75, 3.05) is 13.2 Å². The molecule has 1 N–H and O–H groups in total. The van der Waals surface area contributed by atoms with Crippen LogP contribution in [-0.2, 0) is 0 Å². The molecular weight excluding hydrogens is 278 g/mol. The van der Waals surface area contributed by atoms with E-state index in [4.69, 9.17) is 4.74 Å². The Morgan fingerprint density at radius 1 is 1.35 bits per heavy atom. The molecule has 1 aromatic carbocycles. The molecule has 0 saturated carbocycles. The lowest BCUT2D eigenvalue weighted by atomic mass is 9.99. The van der Waals surface area contributed by atoms with Gasteiger partial charge in [0.25, 0.3) is 0 Å². The van der Waals surface area contributed by atoms with Crippen LogP contribution in [0.25, 0.3) is 0 Å². The molecule has 17 heavy (non-hydrogen) atoms. The number of rotatable bonds is 7. The predicted octanol–water partition coefficient (Wildman–Crippen LogP) is 4.00. The second-order valence-corrected chi connectivity index (χ2v) is 5.78. The van der Waals surface area contributed by atoms with Gasteiger partial charge in [0.2, 0.25) is 0 Å². The molecule has 0 amide bonds. The van der Waals surface area contributed by atoms with Gasteiger partial charge in [-0.05, 0) is 38.5 Å². The molecular formula is C14H22BrNO. The van der Waals surface area contributed by atoms with E-state index in [0.717, 1.165) is 16.8 Å². The Morgan fingerprint density at radius 2 is 2.12 bits per heavy atom. The molecule has 0 unspecified atom stereocenters. The molecule has 0 heterocycles. The fourth-order valence-corrected chi connectivity index (χ4v) is 2.21. The van der Waals surface area contributed by atoms with Gasteiger partial charge < -0.3 is 10.1 Å². The van der Waals surface area contributed by atoms with Crippen LogP contribution in [0.1, 0.15) is 33.6 Å². The van der Waals surface area contributed by atoms with Gasteiger partial charge in [-0.1, -0.05) is 35.3 Å². The van der Waals surface area contributed by atoms with Crippen LogP contribution >= 0.6 is 15.9 Å². The average Bonchev–Trinajstić information content (AvgIpc) is 2.24. The summed E-state index contributed by atoms with van der Waals surface area (Å²) in [6, 6.07) is 7.93. The normalized spacial score (nSPS) is 11.5. The highest BCUT2D eigenvalue weighted by Crippen LogP contribution is 2.17. The van der Waals surface area contributed by atoms with E-state index in [1.165, 1.54) is 12.8 Å². The van der Waals surface area contributed by atoms with Crippen molar-refractivity contribution in [2.24, 2.45) is 0 Å². The van der Waals surface area contributed by atoms with E-state index in [0.29, 0.717) is 6.61 Å². The summed E-state index contributed by atoms with van der Waals surface area (Å²) in [5.74, 6) is 0.912. The molecule has 96 valence electrons. The number of benzene rings is 1. The molecule has 0 bridgehead atoms. The first-order valence-electron chi connectivity index (χ1n) is 6.17. The molecule has 0 aliphatic heterocycles. The average molecular weight is 300 g/mol. The zero-order valence-corrected chi connectivity index (χ0v) is 12.5. The van der Waals surface area contributed by atoms with Crippen molar-refractivity contribution >= 4 is 15.9 Å². The van der Waals surface area contributed by atoms with Gasteiger partial charge in [0.1, 0.15) is 12.4 Å². The number of nitrogens with one attached hydrogen (secondary N) is 1. The molecule has 0 atom stereocenters. The fourth-order valence-electron chi connectivity index (χ4n) is 1.83. The van der Waals surface area contributed by atoms with E-state index in [9.17, 15) is 0 Å². The first-order valence-corrected chi connectivity index (χ1v) is 6.96. The van der Waals surface area contributed by atoms with E-state index in [1.807, 2.05) is 24.3 Å². The topological polar surface area (TPSA) is 21.3 Å². The summed E-state index contributed by atoms with van der Waals surface area (Å²) in [5.41, 5.74) is 0.204. The van der Waals surface area contributed by atoms with Crippen LogP contribution < -0.4 is 10.1 Å². The molecule has 0 aliphatic carbocycles. The van der Waals surface area contributed by atoms with Crippen molar-refractivity contribution in [3.8, 4) is 5.75 Å². The zero-order chi connectivity index (χ0) is 12.7. The smallest absolute Gasteiger partial charge is 0.120 e. The molecule has 0 aromatic heterocycles. The molecule has 0 spiro atoms. The zero-order valence-electron chi connectivity index (χ0n) is 10.9. The highest BCUT2D eigenvalue weighted by Gasteiger charge is 2.14. The third kappa shape index (κ3) is 6.08. The molecule has 1 rings (SSSR count). The Bertz CT molecular complexity index is 339. The van der Waals surface area contributed by atoms with Crippen molar-refractivity contribution in [2.45, 2.75) is 39.2 Å². The lowest BCUT2D eigenvalue weighted by molar-refractivity contribution is 0.276. The van der Waals surface area contributed by atoms with E-state index >= 15 is 0 Å². The van der Waals surface area contributed by atoms with Crippen LogP contribution in [0.2, 0.25) is 0 Å². The minimum atomic E-state index is 0.204. The minimum Gasteiger partial charge on any atom is -0.492 e. The van der Waals surface area contributed by atoms with Crippen molar-refractivity contribution < 1.29 is 4.74 Å². The molecule has 0 aliphatic rings. The molecule has 0 saturated heterocycles. The summed E-state index contributed by atoms with van der Waals surface area (Å²) in [4.78, 5) is 0. The van der Waals surface area contributed by atoms with Gasteiger partial charge in [-0.15, -0.1) is 0 Å². The van der Waals surface area contributed by atoms with Gasteiger partial charge in [-0.2, -0.15) is 0 Å². The Balaban J connectivity index is 2.24.